The standard InChI is InChI=1S/C14H21FN2O2/c1-10(2)6-4-7-11(3)16-13-9-5-8-12(15)14(13)17(18)19/h5,8-11,16H,4,6-7H2,1-3H3. The van der Waals surface area contributed by atoms with Gasteiger partial charge >= 0.3 is 5.69 Å². The van der Waals surface area contributed by atoms with Crippen LogP contribution in [-0.2, 0) is 0 Å². The minimum atomic E-state index is -0.801. The van der Waals surface area contributed by atoms with Crippen molar-refractivity contribution in [1.29, 1.82) is 0 Å². The molecule has 1 rings (SSSR count). The lowest BCUT2D eigenvalue weighted by atomic mass is 10.0. The Morgan fingerprint density at radius 1 is 1.32 bits per heavy atom. The van der Waals surface area contributed by atoms with Crippen molar-refractivity contribution in [3.63, 3.8) is 0 Å². The van der Waals surface area contributed by atoms with Gasteiger partial charge in [0.2, 0.25) is 5.82 Å². The van der Waals surface area contributed by atoms with E-state index in [9.17, 15) is 14.5 Å². The zero-order valence-electron chi connectivity index (χ0n) is 11.6. The molecular formula is C14H21FN2O2. The number of anilines is 1. The number of halogens is 1. The summed E-state index contributed by atoms with van der Waals surface area (Å²) < 4.78 is 13.4. The summed E-state index contributed by atoms with van der Waals surface area (Å²) in [7, 11) is 0. The number of nitrogens with one attached hydrogen (secondary N) is 1. The van der Waals surface area contributed by atoms with Gasteiger partial charge in [0.05, 0.1) is 4.92 Å². The molecule has 5 heteroatoms. The highest BCUT2D eigenvalue weighted by Crippen LogP contribution is 2.28. The maximum atomic E-state index is 13.4. The molecule has 0 saturated carbocycles. The molecule has 0 fully saturated rings. The van der Waals surface area contributed by atoms with E-state index in [0.29, 0.717) is 5.92 Å². The lowest BCUT2D eigenvalue weighted by molar-refractivity contribution is -0.386. The first-order chi connectivity index (χ1) is 8.91. The molecule has 0 radical (unpaired) electrons. The molecule has 1 N–H and O–H groups in total. The van der Waals surface area contributed by atoms with E-state index in [1.807, 2.05) is 6.92 Å². The topological polar surface area (TPSA) is 55.2 Å². The van der Waals surface area contributed by atoms with Crippen LogP contribution in [0.4, 0.5) is 15.8 Å². The molecule has 1 aromatic rings. The zero-order valence-corrected chi connectivity index (χ0v) is 11.6. The van der Waals surface area contributed by atoms with E-state index in [2.05, 4.69) is 19.2 Å². The summed E-state index contributed by atoms with van der Waals surface area (Å²) >= 11 is 0. The van der Waals surface area contributed by atoms with Crippen molar-refractivity contribution < 1.29 is 9.31 Å². The average molecular weight is 268 g/mol. The van der Waals surface area contributed by atoms with Crippen LogP contribution in [0.25, 0.3) is 0 Å². The fraction of sp³-hybridized carbons (Fsp3) is 0.571. The van der Waals surface area contributed by atoms with Crippen LogP contribution in [0, 0.1) is 21.8 Å². The van der Waals surface area contributed by atoms with Crippen molar-refractivity contribution >= 4 is 11.4 Å². The van der Waals surface area contributed by atoms with Crippen LogP contribution in [0.5, 0.6) is 0 Å². The van der Waals surface area contributed by atoms with Crippen LogP contribution in [0.1, 0.15) is 40.0 Å². The monoisotopic (exact) mass is 268 g/mol. The summed E-state index contributed by atoms with van der Waals surface area (Å²) in [6, 6.07) is 4.21. The summed E-state index contributed by atoms with van der Waals surface area (Å²) in [5, 5.41) is 13.9. The zero-order chi connectivity index (χ0) is 14.4. The van der Waals surface area contributed by atoms with Gasteiger partial charge < -0.3 is 5.32 Å². The molecule has 0 aliphatic carbocycles. The Hall–Kier alpha value is -1.65. The second kappa shape index (κ2) is 7.07. The molecule has 0 spiro atoms. The summed E-state index contributed by atoms with van der Waals surface area (Å²) in [6.07, 6.45) is 3.08. The molecule has 0 aromatic heterocycles. The van der Waals surface area contributed by atoms with Crippen LogP contribution in [0.2, 0.25) is 0 Å². The largest absolute Gasteiger partial charge is 0.377 e. The van der Waals surface area contributed by atoms with Gasteiger partial charge in [0.25, 0.3) is 0 Å². The molecule has 1 unspecified atom stereocenters. The van der Waals surface area contributed by atoms with E-state index in [0.717, 1.165) is 25.3 Å². The molecule has 106 valence electrons. The maximum absolute atomic E-state index is 13.4. The molecule has 0 aliphatic heterocycles. The number of nitro groups is 1. The third-order valence-corrected chi connectivity index (χ3v) is 2.99. The van der Waals surface area contributed by atoms with E-state index in [4.69, 9.17) is 0 Å². The molecule has 19 heavy (non-hydrogen) atoms. The number of rotatable bonds is 7. The highest BCUT2D eigenvalue weighted by atomic mass is 19.1. The molecule has 0 heterocycles. The van der Waals surface area contributed by atoms with Crippen molar-refractivity contribution in [1.82, 2.24) is 0 Å². The first-order valence-corrected chi connectivity index (χ1v) is 6.61. The summed E-state index contributed by atoms with van der Waals surface area (Å²) in [5.74, 6) is -0.153. The predicted molar refractivity (Wildman–Crippen MR) is 74.8 cm³/mol. The van der Waals surface area contributed by atoms with Crippen LogP contribution < -0.4 is 5.32 Å². The maximum Gasteiger partial charge on any atom is 0.327 e. The Morgan fingerprint density at radius 3 is 2.58 bits per heavy atom. The average Bonchev–Trinajstić information content (AvgIpc) is 2.27. The van der Waals surface area contributed by atoms with Gasteiger partial charge in [-0.3, -0.25) is 10.1 Å². The quantitative estimate of drug-likeness (QED) is 0.590. The van der Waals surface area contributed by atoms with E-state index in [1.54, 1.807) is 6.07 Å². The van der Waals surface area contributed by atoms with E-state index in [-0.39, 0.29) is 11.7 Å². The van der Waals surface area contributed by atoms with Crippen LogP contribution >= 0.6 is 0 Å². The molecular weight excluding hydrogens is 247 g/mol. The highest BCUT2D eigenvalue weighted by Gasteiger charge is 2.20. The Bertz CT molecular complexity index is 435. The number of benzene rings is 1. The predicted octanol–water partition coefficient (Wildman–Crippen LogP) is 4.36. The molecule has 4 nitrogen and oxygen atoms in total. The molecule has 0 bridgehead atoms. The minimum absolute atomic E-state index is 0.0826. The van der Waals surface area contributed by atoms with Gasteiger partial charge in [-0.2, -0.15) is 4.39 Å². The van der Waals surface area contributed by atoms with Crippen molar-refractivity contribution in [3.8, 4) is 0 Å². The van der Waals surface area contributed by atoms with Gasteiger partial charge in [0.1, 0.15) is 5.69 Å². The summed E-state index contributed by atoms with van der Waals surface area (Å²) in [6.45, 7) is 6.28. The van der Waals surface area contributed by atoms with E-state index < -0.39 is 16.4 Å². The fourth-order valence-corrected chi connectivity index (χ4v) is 1.99. The minimum Gasteiger partial charge on any atom is -0.377 e. The first kappa shape index (κ1) is 15.4. The molecule has 1 aromatic carbocycles. The van der Waals surface area contributed by atoms with Crippen LogP contribution in [-0.4, -0.2) is 11.0 Å². The molecule has 0 amide bonds. The van der Waals surface area contributed by atoms with Crippen molar-refractivity contribution in [2.45, 2.75) is 46.1 Å². The van der Waals surface area contributed by atoms with Crippen LogP contribution in [0.3, 0.4) is 0 Å². The fourth-order valence-electron chi connectivity index (χ4n) is 1.99. The third-order valence-electron chi connectivity index (χ3n) is 2.99. The van der Waals surface area contributed by atoms with Crippen molar-refractivity contribution in [3.05, 3.63) is 34.1 Å². The Balaban J connectivity index is 2.66. The molecule has 0 saturated heterocycles. The van der Waals surface area contributed by atoms with Gasteiger partial charge in [-0.25, -0.2) is 0 Å². The summed E-state index contributed by atoms with van der Waals surface area (Å²) in [4.78, 5) is 10.2. The highest BCUT2D eigenvalue weighted by molar-refractivity contribution is 5.62. The summed E-state index contributed by atoms with van der Waals surface area (Å²) in [5.41, 5.74) is -0.222. The molecule has 0 aliphatic rings. The first-order valence-electron chi connectivity index (χ1n) is 6.61. The van der Waals surface area contributed by atoms with Gasteiger partial charge in [0, 0.05) is 6.04 Å². The Kier molecular flexibility index (Phi) is 5.73. The SMILES string of the molecule is CC(C)CCCC(C)Nc1cccc(F)c1[N+](=O)[O-]. The second-order valence-corrected chi connectivity index (χ2v) is 5.26. The Labute approximate surface area is 113 Å². The van der Waals surface area contributed by atoms with Crippen molar-refractivity contribution in [2.24, 2.45) is 5.92 Å². The van der Waals surface area contributed by atoms with Gasteiger partial charge in [-0.05, 0) is 31.4 Å². The number of nitro benzene ring substituents is 1. The molecule has 1 atom stereocenters. The lowest BCUT2D eigenvalue weighted by Gasteiger charge is -2.15. The van der Waals surface area contributed by atoms with Gasteiger partial charge in [0.15, 0.2) is 0 Å². The van der Waals surface area contributed by atoms with Crippen molar-refractivity contribution in [2.75, 3.05) is 5.32 Å². The second-order valence-electron chi connectivity index (χ2n) is 5.26. The number of nitrogens with zero attached hydrogens (tertiary/aromatic N) is 1. The number of para-hydroxylation sites is 1. The number of hydrogen-bond donors (Lipinski definition) is 1. The van der Waals surface area contributed by atoms with E-state index >= 15 is 0 Å². The normalized spacial score (nSPS) is 12.5. The van der Waals surface area contributed by atoms with Gasteiger partial charge in [-0.15, -0.1) is 0 Å². The lowest BCUT2D eigenvalue weighted by Crippen LogP contribution is -2.16. The van der Waals surface area contributed by atoms with E-state index in [1.165, 1.54) is 6.07 Å². The third kappa shape index (κ3) is 4.85. The van der Waals surface area contributed by atoms with Gasteiger partial charge in [-0.1, -0.05) is 32.8 Å². The Morgan fingerprint density at radius 2 is 2.00 bits per heavy atom. The number of hydrogen-bond acceptors (Lipinski definition) is 3. The van der Waals surface area contributed by atoms with Crippen LogP contribution in [0.15, 0.2) is 18.2 Å². The smallest absolute Gasteiger partial charge is 0.327 e.